The molecule has 2 N–H and O–H groups in total. The summed E-state index contributed by atoms with van der Waals surface area (Å²) in [5, 5.41) is 3.45. The van der Waals surface area contributed by atoms with Crippen LogP contribution in [0.15, 0.2) is 24.4 Å². The molecule has 0 spiro atoms. The van der Waals surface area contributed by atoms with Gasteiger partial charge in [-0.25, -0.2) is 0 Å². The molecule has 0 fully saturated rings. The average molecular weight is 220 g/mol. The average Bonchev–Trinajstić information content (AvgIpc) is 2.65. The quantitative estimate of drug-likeness (QED) is 0.752. The van der Waals surface area contributed by atoms with Crippen molar-refractivity contribution in [2.75, 3.05) is 6.54 Å². The lowest BCUT2D eigenvalue weighted by atomic mass is 10.1. The summed E-state index contributed by atoms with van der Waals surface area (Å²) < 4.78 is 5.77. The molecule has 1 atom stereocenters. The Morgan fingerprint density at radius 3 is 2.81 bits per heavy atom. The molecule has 0 amide bonds. The van der Waals surface area contributed by atoms with E-state index >= 15 is 0 Å². The Morgan fingerprint density at radius 1 is 1.38 bits per heavy atom. The van der Waals surface area contributed by atoms with Crippen molar-refractivity contribution >= 4 is 0 Å². The van der Waals surface area contributed by atoms with Gasteiger partial charge in [-0.05, 0) is 39.3 Å². The molecule has 1 unspecified atom stereocenters. The number of hydrogen-bond acceptors (Lipinski definition) is 2. The van der Waals surface area contributed by atoms with Crippen molar-refractivity contribution in [1.29, 1.82) is 0 Å². The Bertz CT molecular complexity index is 374. The molecule has 0 bridgehead atoms. The third kappa shape index (κ3) is 2.89. The lowest BCUT2D eigenvalue weighted by Gasteiger charge is -2.20. The minimum Gasteiger partial charge on any atom is -0.473 e. The molecule has 3 heteroatoms. The van der Waals surface area contributed by atoms with Crippen LogP contribution in [0.1, 0.15) is 38.8 Å². The monoisotopic (exact) mass is 220 g/mol. The van der Waals surface area contributed by atoms with E-state index in [1.165, 1.54) is 5.56 Å². The summed E-state index contributed by atoms with van der Waals surface area (Å²) >= 11 is 0. The van der Waals surface area contributed by atoms with Crippen molar-refractivity contribution < 1.29 is 4.74 Å². The standard InChI is InChI=1S/C13H20N2O/c1-13(2,3)16-12-8-10(9-15-12)11-6-4-5-7-14-11/h4,6,8-9,11,14-15H,5,7H2,1-3H3. The van der Waals surface area contributed by atoms with Crippen molar-refractivity contribution in [2.45, 2.75) is 38.8 Å². The largest absolute Gasteiger partial charge is 0.473 e. The molecule has 1 aliphatic rings. The smallest absolute Gasteiger partial charge is 0.191 e. The third-order valence-electron chi connectivity index (χ3n) is 2.46. The Hall–Kier alpha value is -1.22. The van der Waals surface area contributed by atoms with E-state index in [0.29, 0.717) is 6.04 Å². The first-order valence-electron chi connectivity index (χ1n) is 5.82. The number of rotatable bonds is 2. The molecule has 3 nitrogen and oxygen atoms in total. The van der Waals surface area contributed by atoms with Crippen LogP contribution in [0.3, 0.4) is 0 Å². The van der Waals surface area contributed by atoms with E-state index in [2.05, 4.69) is 28.5 Å². The molecule has 1 aliphatic heterocycles. The number of H-pyrrole nitrogens is 1. The highest BCUT2D eigenvalue weighted by molar-refractivity contribution is 5.28. The summed E-state index contributed by atoms with van der Waals surface area (Å²) in [5.41, 5.74) is 1.08. The highest BCUT2D eigenvalue weighted by atomic mass is 16.5. The van der Waals surface area contributed by atoms with Gasteiger partial charge in [0.25, 0.3) is 0 Å². The van der Waals surface area contributed by atoms with E-state index in [-0.39, 0.29) is 5.60 Å². The zero-order valence-electron chi connectivity index (χ0n) is 10.2. The molecular formula is C13H20N2O. The number of aromatic amines is 1. The predicted octanol–water partition coefficient (Wildman–Crippen LogP) is 2.78. The zero-order valence-corrected chi connectivity index (χ0v) is 10.2. The second-order valence-electron chi connectivity index (χ2n) is 5.16. The molecule has 2 rings (SSSR count). The fourth-order valence-electron chi connectivity index (χ4n) is 1.81. The minimum absolute atomic E-state index is 0.155. The van der Waals surface area contributed by atoms with Crippen LogP contribution >= 0.6 is 0 Å². The molecule has 0 aromatic carbocycles. The van der Waals surface area contributed by atoms with Crippen LogP contribution in [0.5, 0.6) is 5.88 Å². The first-order valence-corrected chi connectivity index (χ1v) is 5.82. The molecule has 1 aromatic heterocycles. The lowest BCUT2D eigenvalue weighted by molar-refractivity contribution is 0.125. The third-order valence-corrected chi connectivity index (χ3v) is 2.46. The van der Waals surface area contributed by atoms with E-state index in [4.69, 9.17) is 4.74 Å². The SMILES string of the molecule is CC(C)(C)Oc1cc(C2C=CCCN2)c[nH]1. The maximum absolute atomic E-state index is 5.77. The van der Waals surface area contributed by atoms with Crippen molar-refractivity contribution in [3.05, 3.63) is 30.0 Å². The van der Waals surface area contributed by atoms with Gasteiger partial charge in [-0.2, -0.15) is 0 Å². The number of aromatic nitrogens is 1. The van der Waals surface area contributed by atoms with Gasteiger partial charge in [-0.3, -0.25) is 0 Å². The molecule has 0 aliphatic carbocycles. The molecule has 88 valence electrons. The second kappa shape index (κ2) is 4.34. The number of nitrogens with one attached hydrogen (secondary N) is 2. The highest BCUT2D eigenvalue weighted by Crippen LogP contribution is 2.23. The summed E-state index contributed by atoms with van der Waals surface area (Å²) in [6.07, 6.45) is 7.55. The molecule has 0 saturated carbocycles. The van der Waals surface area contributed by atoms with Crippen LogP contribution in [0.4, 0.5) is 0 Å². The van der Waals surface area contributed by atoms with Gasteiger partial charge in [0.1, 0.15) is 5.60 Å². The summed E-state index contributed by atoms with van der Waals surface area (Å²) in [6.45, 7) is 7.19. The van der Waals surface area contributed by atoms with Gasteiger partial charge >= 0.3 is 0 Å². The van der Waals surface area contributed by atoms with Crippen LogP contribution in [0, 0.1) is 0 Å². The van der Waals surface area contributed by atoms with E-state index in [0.717, 1.165) is 18.8 Å². The van der Waals surface area contributed by atoms with E-state index in [1.54, 1.807) is 0 Å². The van der Waals surface area contributed by atoms with Crippen molar-refractivity contribution in [3.63, 3.8) is 0 Å². The highest BCUT2D eigenvalue weighted by Gasteiger charge is 2.16. The first kappa shape index (κ1) is 11.3. The van der Waals surface area contributed by atoms with E-state index < -0.39 is 0 Å². The normalized spacial score (nSPS) is 21.1. The van der Waals surface area contributed by atoms with Crippen LogP contribution in [0.25, 0.3) is 0 Å². The van der Waals surface area contributed by atoms with Crippen molar-refractivity contribution in [2.24, 2.45) is 0 Å². The maximum Gasteiger partial charge on any atom is 0.191 e. The van der Waals surface area contributed by atoms with Crippen LogP contribution in [-0.4, -0.2) is 17.1 Å². The van der Waals surface area contributed by atoms with Crippen LogP contribution in [0.2, 0.25) is 0 Å². The number of ether oxygens (including phenoxy) is 1. The maximum atomic E-state index is 5.77. The Labute approximate surface area is 96.9 Å². The summed E-state index contributed by atoms with van der Waals surface area (Å²) in [6, 6.07) is 2.39. The fourth-order valence-corrected chi connectivity index (χ4v) is 1.81. The molecule has 1 aromatic rings. The summed E-state index contributed by atoms with van der Waals surface area (Å²) in [4.78, 5) is 3.16. The summed E-state index contributed by atoms with van der Waals surface area (Å²) in [7, 11) is 0. The van der Waals surface area contributed by atoms with Gasteiger partial charge in [-0.15, -0.1) is 0 Å². The van der Waals surface area contributed by atoms with Crippen LogP contribution in [-0.2, 0) is 0 Å². The second-order valence-corrected chi connectivity index (χ2v) is 5.16. The molecule has 2 heterocycles. The molecular weight excluding hydrogens is 200 g/mol. The Kier molecular flexibility index (Phi) is 3.06. The molecule has 16 heavy (non-hydrogen) atoms. The van der Waals surface area contributed by atoms with Gasteiger partial charge in [0.05, 0.1) is 6.04 Å². The van der Waals surface area contributed by atoms with Crippen molar-refractivity contribution in [1.82, 2.24) is 10.3 Å². The van der Waals surface area contributed by atoms with Gasteiger partial charge in [0.15, 0.2) is 5.88 Å². The molecule has 0 saturated heterocycles. The van der Waals surface area contributed by atoms with E-state index in [9.17, 15) is 0 Å². The van der Waals surface area contributed by atoms with Gasteiger partial charge in [0.2, 0.25) is 0 Å². The lowest BCUT2D eigenvalue weighted by Crippen LogP contribution is -2.23. The summed E-state index contributed by atoms with van der Waals surface area (Å²) in [5.74, 6) is 0.836. The predicted molar refractivity (Wildman–Crippen MR) is 65.7 cm³/mol. The topological polar surface area (TPSA) is 37.0 Å². The van der Waals surface area contributed by atoms with E-state index in [1.807, 2.05) is 27.0 Å². The van der Waals surface area contributed by atoms with Crippen LogP contribution < -0.4 is 10.1 Å². The fraction of sp³-hybridized carbons (Fsp3) is 0.538. The Balaban J connectivity index is 2.07. The zero-order chi connectivity index (χ0) is 11.6. The van der Waals surface area contributed by atoms with Gasteiger partial charge in [-0.1, -0.05) is 12.2 Å². The van der Waals surface area contributed by atoms with Gasteiger partial charge in [0, 0.05) is 12.3 Å². The first-order chi connectivity index (χ1) is 7.54. The number of hydrogen-bond donors (Lipinski definition) is 2. The Morgan fingerprint density at radius 2 is 2.19 bits per heavy atom. The minimum atomic E-state index is -0.155. The molecule has 0 radical (unpaired) electrons. The van der Waals surface area contributed by atoms with Gasteiger partial charge < -0.3 is 15.0 Å². The van der Waals surface area contributed by atoms with Crippen molar-refractivity contribution in [3.8, 4) is 5.88 Å².